The highest BCUT2D eigenvalue weighted by Gasteiger charge is 2.25. The Bertz CT molecular complexity index is 862. The number of likely N-dealkylation sites (tertiary alicyclic amines) is 1. The van der Waals surface area contributed by atoms with Gasteiger partial charge in [0, 0.05) is 23.6 Å². The molecule has 5 heteroatoms. The zero-order valence-electron chi connectivity index (χ0n) is 15.9. The topological polar surface area (TPSA) is 58.2 Å². The monoisotopic (exact) mass is 365 g/mol. The minimum Gasteiger partial charge on any atom is -0.497 e. The minimum atomic E-state index is -0.0185. The van der Waals surface area contributed by atoms with Crippen molar-refractivity contribution in [1.29, 1.82) is 0 Å². The summed E-state index contributed by atoms with van der Waals surface area (Å²) in [6.07, 6.45) is 9.30. The van der Waals surface area contributed by atoms with E-state index in [-0.39, 0.29) is 5.56 Å². The van der Waals surface area contributed by atoms with Gasteiger partial charge in [-0.2, -0.15) is 5.10 Å². The van der Waals surface area contributed by atoms with Gasteiger partial charge in [0.2, 0.25) is 0 Å². The lowest BCUT2D eigenvalue weighted by molar-refractivity contribution is 0.212. The molecule has 1 aromatic heterocycles. The molecule has 4 rings (SSSR count). The maximum Gasteiger partial charge on any atom is 0.267 e. The van der Waals surface area contributed by atoms with E-state index >= 15 is 0 Å². The van der Waals surface area contributed by atoms with Crippen molar-refractivity contribution >= 4 is 6.08 Å². The quantitative estimate of drug-likeness (QED) is 0.884. The molecule has 1 N–H and O–H groups in total. The maximum atomic E-state index is 12.0. The second kappa shape index (κ2) is 8.09. The number of fused-ring (bicyclic) bond motifs is 1. The molecule has 1 fully saturated rings. The fourth-order valence-electron chi connectivity index (χ4n) is 4.20. The first kappa shape index (κ1) is 18.0. The summed E-state index contributed by atoms with van der Waals surface area (Å²) < 4.78 is 5.22. The normalized spacial score (nSPS) is 17.7. The highest BCUT2D eigenvalue weighted by molar-refractivity contribution is 5.58. The fourth-order valence-corrected chi connectivity index (χ4v) is 4.20. The zero-order chi connectivity index (χ0) is 18.6. The number of nitrogens with zero attached hydrogens (tertiary/aromatic N) is 2. The van der Waals surface area contributed by atoms with Gasteiger partial charge < -0.3 is 9.64 Å². The lowest BCUT2D eigenvalue weighted by Crippen LogP contribution is -2.35. The number of rotatable bonds is 5. The molecule has 0 bridgehead atoms. The van der Waals surface area contributed by atoms with Gasteiger partial charge in [-0.05, 0) is 62.9 Å². The lowest BCUT2D eigenvalue weighted by Gasteiger charge is -2.32. The largest absolute Gasteiger partial charge is 0.497 e. The van der Waals surface area contributed by atoms with Crippen molar-refractivity contribution in [2.24, 2.45) is 0 Å². The van der Waals surface area contributed by atoms with Crippen LogP contribution in [0.1, 0.15) is 47.6 Å². The second-order valence-electron chi connectivity index (χ2n) is 7.49. The van der Waals surface area contributed by atoms with Crippen molar-refractivity contribution in [2.75, 3.05) is 26.7 Å². The van der Waals surface area contributed by atoms with Gasteiger partial charge >= 0.3 is 0 Å². The molecule has 0 amide bonds. The zero-order valence-corrected chi connectivity index (χ0v) is 15.9. The molecule has 1 aliphatic heterocycles. The summed E-state index contributed by atoms with van der Waals surface area (Å²) in [5.41, 5.74) is 4.43. The number of hydrogen-bond donors (Lipinski definition) is 1. The third kappa shape index (κ3) is 3.98. The van der Waals surface area contributed by atoms with Crippen LogP contribution in [-0.4, -0.2) is 41.8 Å². The summed E-state index contributed by atoms with van der Waals surface area (Å²) in [6, 6.07) is 8.35. The number of ether oxygens (including phenoxy) is 1. The third-order valence-electron chi connectivity index (χ3n) is 5.85. The number of benzene rings is 1. The van der Waals surface area contributed by atoms with E-state index in [0.717, 1.165) is 74.3 Å². The molecule has 2 aliphatic rings. The van der Waals surface area contributed by atoms with Gasteiger partial charge in [0.05, 0.1) is 12.8 Å². The van der Waals surface area contributed by atoms with E-state index in [0.29, 0.717) is 5.92 Å². The van der Waals surface area contributed by atoms with E-state index in [1.54, 1.807) is 7.11 Å². The van der Waals surface area contributed by atoms with E-state index in [2.05, 4.69) is 39.4 Å². The van der Waals surface area contributed by atoms with Crippen LogP contribution in [-0.2, 0) is 12.8 Å². The van der Waals surface area contributed by atoms with Gasteiger partial charge in [-0.1, -0.05) is 24.3 Å². The van der Waals surface area contributed by atoms with E-state index in [4.69, 9.17) is 4.74 Å². The van der Waals surface area contributed by atoms with Crippen LogP contribution in [0.2, 0.25) is 0 Å². The number of nitrogens with one attached hydrogen (secondary N) is 1. The van der Waals surface area contributed by atoms with Crippen LogP contribution in [0, 0.1) is 0 Å². The lowest BCUT2D eigenvalue weighted by atomic mass is 9.87. The van der Waals surface area contributed by atoms with Gasteiger partial charge in [0.25, 0.3) is 5.56 Å². The average molecular weight is 365 g/mol. The van der Waals surface area contributed by atoms with E-state index < -0.39 is 0 Å². The van der Waals surface area contributed by atoms with Crippen LogP contribution < -0.4 is 10.3 Å². The number of methoxy groups -OCH3 is 1. The van der Waals surface area contributed by atoms with E-state index in [1.165, 1.54) is 5.56 Å². The van der Waals surface area contributed by atoms with Crippen LogP contribution in [0.5, 0.6) is 5.75 Å². The van der Waals surface area contributed by atoms with Crippen molar-refractivity contribution in [2.45, 2.75) is 38.0 Å². The molecular weight excluding hydrogens is 338 g/mol. The number of allylic oxidation sites excluding steroid dienone is 1. The molecule has 27 heavy (non-hydrogen) atoms. The summed E-state index contributed by atoms with van der Waals surface area (Å²) in [5.74, 6) is 1.35. The Hall–Kier alpha value is -2.40. The van der Waals surface area contributed by atoms with Gasteiger partial charge in [-0.25, -0.2) is 5.10 Å². The molecule has 0 saturated carbocycles. The Morgan fingerprint density at radius 3 is 2.74 bits per heavy atom. The van der Waals surface area contributed by atoms with Gasteiger partial charge in [0.15, 0.2) is 0 Å². The van der Waals surface area contributed by atoms with Crippen molar-refractivity contribution < 1.29 is 4.74 Å². The van der Waals surface area contributed by atoms with E-state index in [1.807, 2.05) is 12.1 Å². The van der Waals surface area contributed by atoms with Crippen molar-refractivity contribution in [3.05, 3.63) is 63.1 Å². The smallest absolute Gasteiger partial charge is 0.267 e. The Morgan fingerprint density at radius 2 is 2.00 bits per heavy atom. The summed E-state index contributed by atoms with van der Waals surface area (Å²) in [6.45, 7) is 3.25. The van der Waals surface area contributed by atoms with Crippen molar-refractivity contribution in [3.63, 3.8) is 0 Å². The van der Waals surface area contributed by atoms with E-state index in [9.17, 15) is 4.79 Å². The first-order chi connectivity index (χ1) is 13.2. The van der Waals surface area contributed by atoms with Crippen molar-refractivity contribution in [1.82, 2.24) is 15.1 Å². The summed E-state index contributed by atoms with van der Waals surface area (Å²) >= 11 is 0. The number of hydrogen-bond acceptors (Lipinski definition) is 4. The number of H-pyrrole nitrogens is 1. The molecule has 0 spiro atoms. The van der Waals surface area contributed by atoms with Crippen molar-refractivity contribution in [3.8, 4) is 5.75 Å². The molecule has 1 aliphatic carbocycles. The molecule has 2 heterocycles. The molecule has 1 saturated heterocycles. The van der Waals surface area contributed by atoms with Gasteiger partial charge in [0.1, 0.15) is 5.75 Å². The molecule has 2 aromatic rings. The Kier molecular flexibility index (Phi) is 5.39. The van der Waals surface area contributed by atoms with Crippen LogP contribution in [0.25, 0.3) is 6.08 Å². The molecule has 5 nitrogen and oxygen atoms in total. The minimum absolute atomic E-state index is 0.0185. The predicted molar refractivity (Wildman–Crippen MR) is 107 cm³/mol. The fraction of sp³-hybridized carbons (Fsp3) is 0.455. The van der Waals surface area contributed by atoms with Gasteiger partial charge in [-0.15, -0.1) is 0 Å². The predicted octanol–water partition coefficient (Wildman–Crippen LogP) is 3.16. The highest BCUT2D eigenvalue weighted by atomic mass is 16.5. The average Bonchev–Trinajstić information content (AvgIpc) is 2.74. The number of aromatic nitrogens is 2. The van der Waals surface area contributed by atoms with Gasteiger partial charge in [-0.3, -0.25) is 4.79 Å². The SMILES string of the molecule is COc1ccc(CCN2CCC(c3n[nH]c(=O)c4c3C=CCC4)CC2)cc1. The Labute approximate surface area is 160 Å². The second-order valence-corrected chi connectivity index (χ2v) is 7.49. The summed E-state index contributed by atoms with van der Waals surface area (Å²) in [5, 5.41) is 7.16. The highest BCUT2D eigenvalue weighted by Crippen LogP contribution is 2.31. The third-order valence-corrected chi connectivity index (χ3v) is 5.85. The Balaban J connectivity index is 1.35. The Morgan fingerprint density at radius 1 is 1.22 bits per heavy atom. The number of piperidine rings is 1. The molecule has 1 aromatic carbocycles. The standard InChI is InChI=1S/C22H27N3O2/c1-27-18-8-6-16(7-9-18)10-13-25-14-11-17(12-15-25)21-19-4-2-3-5-20(19)22(26)24-23-21/h2,4,6-9,17H,3,5,10-15H2,1H3,(H,24,26). The summed E-state index contributed by atoms with van der Waals surface area (Å²) in [7, 11) is 1.70. The molecular formula is C22H27N3O2. The molecule has 0 atom stereocenters. The molecule has 142 valence electrons. The molecule has 0 radical (unpaired) electrons. The van der Waals surface area contributed by atoms with Crippen LogP contribution in [0.3, 0.4) is 0 Å². The van der Waals surface area contributed by atoms with Crippen LogP contribution in [0.4, 0.5) is 0 Å². The number of aromatic amines is 1. The van der Waals surface area contributed by atoms with Crippen LogP contribution >= 0.6 is 0 Å². The maximum absolute atomic E-state index is 12.0. The van der Waals surface area contributed by atoms with Crippen LogP contribution in [0.15, 0.2) is 35.1 Å². The first-order valence-electron chi connectivity index (χ1n) is 9.88. The molecule has 0 unspecified atom stereocenters. The first-order valence-corrected chi connectivity index (χ1v) is 9.88. The summed E-state index contributed by atoms with van der Waals surface area (Å²) in [4.78, 5) is 14.6.